The molecule has 0 amide bonds. The normalized spacial score (nSPS) is 12.9. The molecule has 0 radical (unpaired) electrons. The van der Waals surface area contributed by atoms with Crippen LogP contribution in [0.3, 0.4) is 0 Å². The van der Waals surface area contributed by atoms with Crippen LogP contribution in [-0.4, -0.2) is 15.2 Å². The van der Waals surface area contributed by atoms with Gasteiger partial charge in [0.05, 0.1) is 10.3 Å². The Hall–Kier alpha value is -1.36. The van der Waals surface area contributed by atoms with E-state index in [1.54, 1.807) is 32.2 Å². The number of aryl methyl sites for hydroxylation is 1. The van der Waals surface area contributed by atoms with E-state index in [1.165, 1.54) is 4.57 Å². The van der Waals surface area contributed by atoms with Crippen LogP contribution in [0.1, 0.15) is 17.3 Å². The van der Waals surface area contributed by atoms with Crippen molar-refractivity contribution in [2.45, 2.75) is 11.8 Å². The molecule has 0 saturated heterocycles. The number of carbonyl (C=O) groups is 1. The molecular formula is C11H10BrNO3. The molecule has 1 heterocycles. The summed E-state index contributed by atoms with van der Waals surface area (Å²) in [6.07, 6.45) is 0. The predicted molar refractivity (Wildman–Crippen MR) is 64.2 cm³/mol. The van der Waals surface area contributed by atoms with E-state index in [2.05, 4.69) is 15.9 Å². The molecule has 0 fully saturated rings. The lowest BCUT2D eigenvalue weighted by Crippen LogP contribution is -2.11. The quantitative estimate of drug-likeness (QED) is 0.627. The van der Waals surface area contributed by atoms with E-state index in [4.69, 9.17) is 4.42 Å². The van der Waals surface area contributed by atoms with Crippen LogP contribution < -0.4 is 5.76 Å². The van der Waals surface area contributed by atoms with Crippen molar-refractivity contribution in [3.63, 3.8) is 0 Å². The van der Waals surface area contributed by atoms with Crippen molar-refractivity contribution in [2.24, 2.45) is 7.05 Å². The van der Waals surface area contributed by atoms with Crippen molar-refractivity contribution in [1.82, 2.24) is 4.57 Å². The zero-order chi connectivity index (χ0) is 11.9. The van der Waals surface area contributed by atoms with Crippen molar-refractivity contribution in [3.8, 4) is 0 Å². The van der Waals surface area contributed by atoms with Gasteiger partial charge >= 0.3 is 5.76 Å². The summed E-state index contributed by atoms with van der Waals surface area (Å²) in [6, 6.07) is 4.96. The van der Waals surface area contributed by atoms with Gasteiger partial charge in [0, 0.05) is 12.6 Å². The van der Waals surface area contributed by atoms with Crippen molar-refractivity contribution < 1.29 is 9.21 Å². The highest BCUT2D eigenvalue weighted by Gasteiger charge is 2.14. The van der Waals surface area contributed by atoms with Gasteiger partial charge in [-0.15, -0.1) is 0 Å². The maximum Gasteiger partial charge on any atom is 0.419 e. The third kappa shape index (κ3) is 1.71. The minimum atomic E-state index is -0.425. The monoisotopic (exact) mass is 283 g/mol. The van der Waals surface area contributed by atoms with Crippen LogP contribution in [0.2, 0.25) is 0 Å². The van der Waals surface area contributed by atoms with Crippen LogP contribution in [0.15, 0.2) is 27.4 Å². The largest absolute Gasteiger partial charge is 0.419 e. The van der Waals surface area contributed by atoms with Gasteiger partial charge < -0.3 is 4.42 Å². The minimum absolute atomic E-state index is 0.0180. The third-order valence-electron chi connectivity index (χ3n) is 2.44. The number of rotatable bonds is 2. The first-order chi connectivity index (χ1) is 7.50. The van der Waals surface area contributed by atoms with Gasteiger partial charge in [-0.1, -0.05) is 15.9 Å². The summed E-state index contributed by atoms with van der Waals surface area (Å²) in [5.74, 6) is -0.443. The maximum absolute atomic E-state index is 11.7. The van der Waals surface area contributed by atoms with Gasteiger partial charge in [0.15, 0.2) is 11.4 Å². The van der Waals surface area contributed by atoms with Gasteiger partial charge in [-0.3, -0.25) is 9.36 Å². The van der Waals surface area contributed by atoms with Gasteiger partial charge in [-0.05, 0) is 25.1 Å². The van der Waals surface area contributed by atoms with Crippen molar-refractivity contribution in [1.29, 1.82) is 0 Å². The fraction of sp³-hybridized carbons (Fsp3) is 0.273. The topological polar surface area (TPSA) is 52.2 Å². The molecule has 2 aromatic rings. The molecule has 2 rings (SSSR count). The number of Topliss-reactive ketones (excluding diaryl/α,β-unsaturated/α-hetero) is 1. The minimum Gasteiger partial charge on any atom is -0.408 e. The number of halogens is 1. The molecule has 4 nitrogen and oxygen atoms in total. The van der Waals surface area contributed by atoms with Gasteiger partial charge in [-0.2, -0.15) is 0 Å². The Morgan fingerprint density at radius 1 is 1.50 bits per heavy atom. The van der Waals surface area contributed by atoms with E-state index >= 15 is 0 Å². The van der Waals surface area contributed by atoms with E-state index in [9.17, 15) is 9.59 Å². The molecule has 16 heavy (non-hydrogen) atoms. The first-order valence-corrected chi connectivity index (χ1v) is 5.70. The van der Waals surface area contributed by atoms with Gasteiger partial charge in [0.1, 0.15) is 0 Å². The lowest BCUT2D eigenvalue weighted by atomic mass is 10.1. The Bertz CT molecular complexity index is 609. The van der Waals surface area contributed by atoms with Crippen LogP contribution in [0.4, 0.5) is 0 Å². The van der Waals surface area contributed by atoms with Crippen LogP contribution in [0, 0.1) is 0 Å². The number of aromatic nitrogens is 1. The second kappa shape index (κ2) is 3.90. The van der Waals surface area contributed by atoms with Crippen LogP contribution in [-0.2, 0) is 7.05 Å². The lowest BCUT2D eigenvalue weighted by molar-refractivity contribution is 0.0996. The highest BCUT2D eigenvalue weighted by Crippen LogP contribution is 2.17. The van der Waals surface area contributed by atoms with E-state index in [-0.39, 0.29) is 10.6 Å². The second-order valence-electron chi connectivity index (χ2n) is 3.59. The number of hydrogen-bond donors (Lipinski definition) is 0. The Kier molecular flexibility index (Phi) is 2.71. The summed E-state index contributed by atoms with van der Waals surface area (Å²) >= 11 is 3.22. The number of oxazole rings is 1. The fourth-order valence-electron chi connectivity index (χ4n) is 1.51. The number of ketones is 1. The fourth-order valence-corrected chi connectivity index (χ4v) is 1.77. The molecule has 1 atom stereocenters. The molecule has 0 aliphatic carbocycles. The molecule has 0 spiro atoms. The lowest BCUT2D eigenvalue weighted by Gasteiger charge is -2.02. The molecular weight excluding hydrogens is 274 g/mol. The van der Waals surface area contributed by atoms with Gasteiger partial charge in [0.2, 0.25) is 0 Å². The van der Waals surface area contributed by atoms with E-state index in [0.29, 0.717) is 16.7 Å². The zero-order valence-electron chi connectivity index (χ0n) is 8.86. The van der Waals surface area contributed by atoms with Crippen LogP contribution in [0.25, 0.3) is 11.1 Å². The first kappa shape index (κ1) is 11.1. The summed E-state index contributed by atoms with van der Waals surface area (Å²) in [4.78, 5) is 22.8. The summed E-state index contributed by atoms with van der Waals surface area (Å²) < 4.78 is 6.36. The molecule has 1 aromatic carbocycles. The average molecular weight is 284 g/mol. The van der Waals surface area contributed by atoms with Crippen molar-refractivity contribution in [3.05, 3.63) is 34.3 Å². The summed E-state index contributed by atoms with van der Waals surface area (Å²) in [6.45, 7) is 1.76. The number of carbonyl (C=O) groups excluding carboxylic acids is 1. The molecule has 0 saturated carbocycles. The molecule has 0 aliphatic heterocycles. The van der Waals surface area contributed by atoms with E-state index in [0.717, 1.165) is 0 Å². The molecule has 0 bridgehead atoms. The summed E-state index contributed by atoms with van der Waals surface area (Å²) in [5.41, 5.74) is 1.68. The average Bonchev–Trinajstić information content (AvgIpc) is 2.53. The molecule has 1 unspecified atom stereocenters. The Balaban J connectivity index is 2.64. The number of fused-ring (bicyclic) bond motifs is 1. The first-order valence-electron chi connectivity index (χ1n) is 4.78. The highest BCUT2D eigenvalue weighted by molar-refractivity contribution is 9.10. The number of nitrogens with zero attached hydrogens (tertiary/aromatic N) is 1. The number of hydrogen-bond acceptors (Lipinski definition) is 3. The van der Waals surface area contributed by atoms with Crippen molar-refractivity contribution in [2.75, 3.05) is 0 Å². The molecule has 0 N–H and O–H groups in total. The molecule has 1 aromatic heterocycles. The maximum atomic E-state index is 11.7. The van der Waals surface area contributed by atoms with Crippen LogP contribution in [0.5, 0.6) is 0 Å². The van der Waals surface area contributed by atoms with Gasteiger partial charge in [-0.25, -0.2) is 4.79 Å². The predicted octanol–water partition coefficient (Wildman–Crippen LogP) is 2.10. The van der Waals surface area contributed by atoms with E-state index in [1.807, 2.05) is 0 Å². The Morgan fingerprint density at radius 3 is 2.81 bits per heavy atom. The van der Waals surface area contributed by atoms with Crippen LogP contribution >= 0.6 is 15.9 Å². The third-order valence-corrected chi connectivity index (χ3v) is 2.85. The second-order valence-corrected chi connectivity index (χ2v) is 4.96. The summed E-state index contributed by atoms with van der Waals surface area (Å²) in [5, 5.41) is 0. The SMILES string of the molecule is CC(Br)C(=O)c1ccc2oc(=O)n(C)c2c1. The Morgan fingerprint density at radius 2 is 2.19 bits per heavy atom. The zero-order valence-corrected chi connectivity index (χ0v) is 10.4. The van der Waals surface area contributed by atoms with Crippen molar-refractivity contribution >= 4 is 32.8 Å². The van der Waals surface area contributed by atoms with Gasteiger partial charge in [0.25, 0.3) is 0 Å². The highest BCUT2D eigenvalue weighted by atomic mass is 79.9. The molecule has 0 aliphatic rings. The molecule has 5 heteroatoms. The number of alkyl halides is 1. The summed E-state index contributed by atoms with van der Waals surface area (Å²) in [7, 11) is 1.61. The standard InChI is InChI=1S/C11H10BrNO3/c1-6(12)10(14)7-3-4-9-8(5-7)13(2)11(15)16-9/h3-6H,1-2H3. The van der Waals surface area contributed by atoms with E-state index < -0.39 is 5.76 Å². The number of benzene rings is 1. The Labute approximate surface area is 100.0 Å². The molecule has 84 valence electrons. The smallest absolute Gasteiger partial charge is 0.408 e.